The van der Waals surface area contributed by atoms with E-state index >= 15 is 0 Å². The lowest BCUT2D eigenvalue weighted by Crippen LogP contribution is -2.16. The van der Waals surface area contributed by atoms with Crippen LogP contribution in [0.2, 0.25) is 5.02 Å². The Morgan fingerprint density at radius 3 is 2.79 bits per heavy atom. The van der Waals surface area contributed by atoms with Crippen LogP contribution in [0.15, 0.2) is 47.9 Å². The van der Waals surface area contributed by atoms with Crippen molar-refractivity contribution in [3.63, 3.8) is 0 Å². The van der Waals surface area contributed by atoms with Crippen molar-refractivity contribution in [1.29, 1.82) is 0 Å². The van der Waals surface area contributed by atoms with E-state index in [0.717, 1.165) is 0 Å². The summed E-state index contributed by atoms with van der Waals surface area (Å²) in [4.78, 5) is 12.1. The van der Waals surface area contributed by atoms with E-state index in [1.807, 2.05) is 36.1 Å². The van der Waals surface area contributed by atoms with Crippen LogP contribution in [0, 0.1) is 12.7 Å². The van der Waals surface area contributed by atoms with Gasteiger partial charge in [0.05, 0.1) is 10.8 Å². The highest BCUT2D eigenvalue weighted by molar-refractivity contribution is 7.99. The lowest BCUT2D eigenvalue weighted by Gasteiger charge is -2.09. The SMILES string of the molecule is Cc1nnc(SCC(=O)Nc2ccc(F)c(Cl)c2)n1-n1cccc1. The molecule has 2 heterocycles. The molecule has 3 aromatic rings. The number of rotatable bonds is 5. The average molecular weight is 366 g/mol. The number of halogens is 2. The smallest absolute Gasteiger partial charge is 0.234 e. The molecule has 1 amide bonds. The number of carbonyl (C=O) groups excluding carboxylic acids is 1. The van der Waals surface area contributed by atoms with E-state index in [4.69, 9.17) is 11.6 Å². The van der Waals surface area contributed by atoms with Crippen molar-refractivity contribution < 1.29 is 9.18 Å². The Labute approximate surface area is 146 Å². The fourth-order valence-corrected chi connectivity index (χ4v) is 3.01. The monoisotopic (exact) mass is 365 g/mol. The van der Waals surface area contributed by atoms with E-state index in [0.29, 0.717) is 16.7 Å². The van der Waals surface area contributed by atoms with Crippen molar-refractivity contribution >= 4 is 35.0 Å². The van der Waals surface area contributed by atoms with Crippen molar-refractivity contribution in [2.24, 2.45) is 0 Å². The molecule has 0 bridgehead atoms. The zero-order valence-electron chi connectivity index (χ0n) is 12.6. The van der Waals surface area contributed by atoms with Crippen LogP contribution in [0.3, 0.4) is 0 Å². The quantitative estimate of drug-likeness (QED) is 0.705. The van der Waals surface area contributed by atoms with Gasteiger partial charge >= 0.3 is 0 Å². The van der Waals surface area contributed by atoms with Gasteiger partial charge in [-0.15, -0.1) is 10.2 Å². The molecular formula is C15H13ClFN5OS. The predicted molar refractivity (Wildman–Crippen MR) is 90.8 cm³/mol. The molecule has 124 valence electrons. The Morgan fingerprint density at radius 2 is 2.08 bits per heavy atom. The van der Waals surface area contributed by atoms with Crippen molar-refractivity contribution in [1.82, 2.24) is 19.5 Å². The van der Waals surface area contributed by atoms with Crippen LogP contribution >= 0.6 is 23.4 Å². The number of amides is 1. The Balaban J connectivity index is 1.66. The average Bonchev–Trinajstić information content (AvgIpc) is 3.18. The lowest BCUT2D eigenvalue weighted by atomic mass is 10.3. The first-order valence-electron chi connectivity index (χ1n) is 6.98. The van der Waals surface area contributed by atoms with Gasteiger partial charge < -0.3 is 5.32 Å². The largest absolute Gasteiger partial charge is 0.325 e. The van der Waals surface area contributed by atoms with E-state index in [-0.39, 0.29) is 16.7 Å². The molecule has 0 saturated heterocycles. The second kappa shape index (κ2) is 7.06. The molecule has 0 fully saturated rings. The Bertz CT molecular complexity index is 865. The van der Waals surface area contributed by atoms with Crippen molar-refractivity contribution in [2.75, 3.05) is 11.1 Å². The maximum absolute atomic E-state index is 13.1. The van der Waals surface area contributed by atoms with Crippen LogP contribution in [0.1, 0.15) is 5.82 Å². The molecule has 9 heteroatoms. The number of hydrogen-bond donors (Lipinski definition) is 1. The zero-order valence-corrected chi connectivity index (χ0v) is 14.2. The standard InChI is InChI=1S/C15H13ClFN5OS/c1-10-19-20-15(22(10)21-6-2-3-7-21)24-9-14(23)18-11-4-5-13(17)12(16)8-11/h2-8H,9H2,1H3,(H,18,23). The molecule has 24 heavy (non-hydrogen) atoms. The first-order chi connectivity index (χ1) is 11.5. The fraction of sp³-hybridized carbons (Fsp3) is 0.133. The van der Waals surface area contributed by atoms with Gasteiger partial charge in [0.25, 0.3) is 0 Å². The number of benzene rings is 1. The molecule has 2 aromatic heterocycles. The molecule has 0 aliphatic rings. The number of nitrogens with zero attached hydrogens (tertiary/aromatic N) is 4. The summed E-state index contributed by atoms with van der Waals surface area (Å²) in [6.45, 7) is 1.83. The summed E-state index contributed by atoms with van der Waals surface area (Å²) >= 11 is 6.95. The summed E-state index contributed by atoms with van der Waals surface area (Å²) in [7, 11) is 0. The molecule has 6 nitrogen and oxygen atoms in total. The van der Waals surface area contributed by atoms with Gasteiger partial charge in [-0.2, -0.15) is 0 Å². The minimum Gasteiger partial charge on any atom is -0.325 e. The first-order valence-corrected chi connectivity index (χ1v) is 8.34. The molecule has 0 unspecified atom stereocenters. The molecular weight excluding hydrogens is 353 g/mol. The van der Waals surface area contributed by atoms with Crippen LogP contribution in [-0.4, -0.2) is 31.2 Å². The van der Waals surface area contributed by atoms with Crippen LogP contribution in [0.25, 0.3) is 0 Å². The first kappa shape index (κ1) is 16.5. The Kier molecular flexibility index (Phi) is 4.86. The number of nitrogens with one attached hydrogen (secondary N) is 1. The highest BCUT2D eigenvalue weighted by Gasteiger charge is 2.13. The molecule has 0 atom stereocenters. The van der Waals surface area contributed by atoms with E-state index in [1.54, 1.807) is 4.68 Å². The minimum absolute atomic E-state index is 0.0385. The predicted octanol–water partition coefficient (Wildman–Crippen LogP) is 3.22. The van der Waals surface area contributed by atoms with E-state index in [2.05, 4.69) is 15.5 Å². The number of hydrogen-bond acceptors (Lipinski definition) is 4. The van der Waals surface area contributed by atoms with Crippen LogP contribution in [-0.2, 0) is 4.79 Å². The van der Waals surface area contributed by atoms with E-state index in [9.17, 15) is 9.18 Å². The number of thioether (sulfide) groups is 1. The minimum atomic E-state index is -0.528. The second-order valence-corrected chi connectivity index (χ2v) is 6.22. The van der Waals surface area contributed by atoms with Crippen molar-refractivity contribution in [3.8, 4) is 0 Å². The number of carbonyl (C=O) groups is 1. The summed E-state index contributed by atoms with van der Waals surface area (Å²) in [6, 6.07) is 7.80. The summed E-state index contributed by atoms with van der Waals surface area (Å²) in [6.07, 6.45) is 3.72. The lowest BCUT2D eigenvalue weighted by molar-refractivity contribution is -0.113. The normalized spacial score (nSPS) is 10.8. The van der Waals surface area contributed by atoms with Gasteiger partial charge in [-0.05, 0) is 37.3 Å². The van der Waals surface area contributed by atoms with E-state index in [1.165, 1.54) is 30.0 Å². The highest BCUT2D eigenvalue weighted by Crippen LogP contribution is 2.21. The highest BCUT2D eigenvalue weighted by atomic mass is 35.5. The molecule has 1 aromatic carbocycles. The second-order valence-electron chi connectivity index (χ2n) is 4.87. The van der Waals surface area contributed by atoms with Crippen LogP contribution < -0.4 is 5.32 Å². The molecule has 0 spiro atoms. The van der Waals surface area contributed by atoms with Gasteiger partial charge in [0.1, 0.15) is 5.82 Å². The third-order valence-corrected chi connectivity index (χ3v) is 4.33. The molecule has 0 aliphatic heterocycles. The molecule has 0 aliphatic carbocycles. The van der Waals surface area contributed by atoms with Gasteiger partial charge in [-0.1, -0.05) is 23.4 Å². The molecule has 1 N–H and O–H groups in total. The van der Waals surface area contributed by atoms with Gasteiger partial charge in [0.15, 0.2) is 5.82 Å². The summed E-state index contributed by atoms with van der Waals surface area (Å²) < 4.78 is 16.7. The molecule has 0 radical (unpaired) electrons. The van der Waals surface area contributed by atoms with Crippen LogP contribution in [0.4, 0.5) is 10.1 Å². The van der Waals surface area contributed by atoms with E-state index < -0.39 is 5.82 Å². The van der Waals surface area contributed by atoms with Crippen molar-refractivity contribution in [2.45, 2.75) is 12.1 Å². The summed E-state index contributed by atoms with van der Waals surface area (Å²) in [5.41, 5.74) is 0.440. The Hall–Kier alpha value is -2.32. The van der Waals surface area contributed by atoms with Gasteiger partial charge in [0, 0.05) is 18.1 Å². The maximum Gasteiger partial charge on any atom is 0.234 e. The van der Waals surface area contributed by atoms with Gasteiger partial charge in [-0.3, -0.25) is 9.47 Å². The van der Waals surface area contributed by atoms with Crippen molar-refractivity contribution in [3.05, 3.63) is 59.4 Å². The number of anilines is 1. The zero-order chi connectivity index (χ0) is 17.1. The number of aryl methyl sites for hydroxylation is 1. The third-order valence-electron chi connectivity index (χ3n) is 3.12. The van der Waals surface area contributed by atoms with Gasteiger partial charge in [-0.25, -0.2) is 9.07 Å². The van der Waals surface area contributed by atoms with Crippen LogP contribution in [0.5, 0.6) is 0 Å². The summed E-state index contributed by atoms with van der Waals surface area (Å²) in [5, 5.41) is 11.3. The Morgan fingerprint density at radius 1 is 1.33 bits per heavy atom. The molecule has 3 rings (SSSR count). The number of aromatic nitrogens is 4. The third kappa shape index (κ3) is 3.60. The van der Waals surface area contributed by atoms with Gasteiger partial charge in [0.2, 0.25) is 11.1 Å². The maximum atomic E-state index is 13.1. The topological polar surface area (TPSA) is 64.7 Å². The molecule has 0 saturated carbocycles. The summed E-state index contributed by atoms with van der Waals surface area (Å²) in [5.74, 6) is 0.0649. The fourth-order valence-electron chi connectivity index (χ4n) is 2.05.